The number of benzene rings is 3. The van der Waals surface area contributed by atoms with Crippen molar-refractivity contribution in [2.45, 2.75) is 37.3 Å². The molecule has 1 N–H and O–H groups in total. The quantitative estimate of drug-likeness (QED) is 0.372. The second-order valence-electron chi connectivity index (χ2n) is 8.00. The van der Waals surface area contributed by atoms with E-state index in [0.29, 0.717) is 12.1 Å². The predicted octanol–water partition coefficient (Wildman–Crippen LogP) is 5.78. The molecule has 0 spiro atoms. The summed E-state index contributed by atoms with van der Waals surface area (Å²) in [5, 5.41) is 2.90. The van der Waals surface area contributed by atoms with Crippen LogP contribution >= 0.6 is 11.8 Å². The van der Waals surface area contributed by atoms with Gasteiger partial charge in [-0.3, -0.25) is 9.10 Å². The van der Waals surface area contributed by atoms with Crippen LogP contribution in [0.25, 0.3) is 0 Å². The van der Waals surface area contributed by atoms with Crippen LogP contribution in [-0.4, -0.2) is 27.1 Å². The number of carbonyl (C=O) groups is 1. The highest BCUT2D eigenvalue weighted by Crippen LogP contribution is 2.26. The standard InChI is InChI=1S/C26H30N2O3S2/c1-20-9-7-12-25(21(20)2)28(33(3,30)31)18-8-13-26(29)27-23-16-14-22(15-17-23)19-32-24-10-5-4-6-11-24/h4-7,9-12,14-17H,8,13,18-19H2,1-3H3,(H,27,29). The third kappa shape index (κ3) is 7.37. The summed E-state index contributed by atoms with van der Waals surface area (Å²) in [4.78, 5) is 13.6. The van der Waals surface area contributed by atoms with E-state index < -0.39 is 10.0 Å². The Labute approximate surface area is 201 Å². The molecule has 0 radical (unpaired) electrons. The number of rotatable bonds is 10. The number of hydrogen-bond acceptors (Lipinski definition) is 4. The Bertz CT molecular complexity index is 1180. The highest BCUT2D eigenvalue weighted by Gasteiger charge is 2.20. The second-order valence-corrected chi connectivity index (χ2v) is 11.0. The first-order chi connectivity index (χ1) is 15.7. The van der Waals surface area contributed by atoms with Gasteiger partial charge in [-0.2, -0.15) is 0 Å². The Balaban J connectivity index is 1.51. The molecule has 3 aromatic rings. The molecular formula is C26H30N2O3S2. The summed E-state index contributed by atoms with van der Waals surface area (Å²) in [6.45, 7) is 4.13. The van der Waals surface area contributed by atoms with Crippen molar-refractivity contribution in [2.24, 2.45) is 0 Å². The van der Waals surface area contributed by atoms with Gasteiger partial charge in [-0.1, -0.05) is 42.5 Å². The summed E-state index contributed by atoms with van der Waals surface area (Å²) in [5.74, 6) is 0.730. The zero-order valence-electron chi connectivity index (χ0n) is 19.2. The average Bonchev–Trinajstić information content (AvgIpc) is 2.78. The van der Waals surface area contributed by atoms with Crippen molar-refractivity contribution in [1.82, 2.24) is 0 Å². The Kier molecular flexibility index (Phi) is 8.58. The maximum Gasteiger partial charge on any atom is 0.232 e. The smallest absolute Gasteiger partial charge is 0.232 e. The van der Waals surface area contributed by atoms with Gasteiger partial charge in [-0.15, -0.1) is 11.8 Å². The van der Waals surface area contributed by atoms with Crippen LogP contribution in [0.3, 0.4) is 0 Å². The van der Waals surface area contributed by atoms with Crippen LogP contribution in [0.5, 0.6) is 0 Å². The van der Waals surface area contributed by atoms with Crippen molar-refractivity contribution in [3.05, 3.63) is 89.5 Å². The van der Waals surface area contributed by atoms with E-state index in [4.69, 9.17) is 0 Å². The number of sulfonamides is 1. The van der Waals surface area contributed by atoms with Gasteiger partial charge < -0.3 is 5.32 Å². The molecule has 0 saturated heterocycles. The van der Waals surface area contributed by atoms with Crippen molar-refractivity contribution in [3.63, 3.8) is 0 Å². The third-order valence-electron chi connectivity index (χ3n) is 5.40. The maximum atomic E-state index is 12.4. The Morgan fingerprint density at radius 1 is 0.939 bits per heavy atom. The van der Waals surface area contributed by atoms with Crippen LogP contribution in [0.1, 0.15) is 29.5 Å². The lowest BCUT2D eigenvalue weighted by Crippen LogP contribution is -2.32. The molecule has 33 heavy (non-hydrogen) atoms. The highest BCUT2D eigenvalue weighted by molar-refractivity contribution is 7.98. The molecular weight excluding hydrogens is 452 g/mol. The Morgan fingerprint density at radius 2 is 1.64 bits per heavy atom. The minimum atomic E-state index is -3.44. The largest absolute Gasteiger partial charge is 0.326 e. The van der Waals surface area contributed by atoms with Gasteiger partial charge in [0.05, 0.1) is 11.9 Å². The van der Waals surface area contributed by atoms with Gasteiger partial charge in [-0.25, -0.2) is 8.42 Å². The first-order valence-electron chi connectivity index (χ1n) is 10.8. The predicted molar refractivity (Wildman–Crippen MR) is 138 cm³/mol. The normalized spacial score (nSPS) is 11.2. The van der Waals surface area contributed by atoms with Crippen LogP contribution < -0.4 is 9.62 Å². The van der Waals surface area contributed by atoms with Gasteiger partial charge in [0.1, 0.15) is 0 Å². The van der Waals surface area contributed by atoms with Crippen LogP contribution in [0.4, 0.5) is 11.4 Å². The molecule has 0 aliphatic carbocycles. The van der Waals surface area contributed by atoms with Crippen molar-refractivity contribution in [3.8, 4) is 0 Å². The minimum absolute atomic E-state index is 0.129. The second kappa shape index (κ2) is 11.4. The zero-order valence-corrected chi connectivity index (χ0v) is 20.9. The first-order valence-corrected chi connectivity index (χ1v) is 13.7. The van der Waals surface area contributed by atoms with Crippen molar-refractivity contribution >= 4 is 39.1 Å². The maximum absolute atomic E-state index is 12.4. The fourth-order valence-corrected chi connectivity index (χ4v) is 5.34. The number of carbonyl (C=O) groups excluding carboxylic acids is 1. The number of nitrogens with zero attached hydrogens (tertiary/aromatic N) is 1. The molecule has 1 amide bonds. The number of thioether (sulfide) groups is 1. The fourth-order valence-electron chi connectivity index (χ4n) is 3.45. The molecule has 0 aliphatic heterocycles. The van der Waals surface area contributed by atoms with Crippen LogP contribution in [0.15, 0.2) is 77.7 Å². The van der Waals surface area contributed by atoms with Crippen LogP contribution in [-0.2, 0) is 20.6 Å². The molecule has 3 rings (SSSR count). The molecule has 0 aliphatic rings. The summed E-state index contributed by atoms with van der Waals surface area (Å²) < 4.78 is 26.1. The number of hydrogen-bond donors (Lipinski definition) is 1. The monoisotopic (exact) mass is 482 g/mol. The van der Waals surface area contributed by atoms with Crippen LogP contribution in [0, 0.1) is 13.8 Å². The van der Waals surface area contributed by atoms with Crippen molar-refractivity contribution in [1.29, 1.82) is 0 Å². The van der Waals surface area contributed by atoms with Crippen molar-refractivity contribution < 1.29 is 13.2 Å². The minimum Gasteiger partial charge on any atom is -0.326 e. The summed E-state index contributed by atoms with van der Waals surface area (Å²) >= 11 is 1.77. The molecule has 0 bridgehead atoms. The van der Waals surface area contributed by atoms with E-state index in [1.807, 2.05) is 68.4 Å². The zero-order chi connectivity index (χ0) is 23.8. The van der Waals surface area contributed by atoms with Gasteiger partial charge in [0.25, 0.3) is 0 Å². The Morgan fingerprint density at radius 3 is 2.30 bits per heavy atom. The first kappa shape index (κ1) is 24.9. The Hall–Kier alpha value is -2.77. The van der Waals surface area contributed by atoms with E-state index in [1.165, 1.54) is 21.0 Å². The van der Waals surface area contributed by atoms with E-state index in [1.54, 1.807) is 17.8 Å². The lowest BCUT2D eigenvalue weighted by atomic mass is 10.1. The topological polar surface area (TPSA) is 66.5 Å². The highest BCUT2D eigenvalue weighted by atomic mass is 32.2. The number of aryl methyl sites for hydroxylation is 1. The lowest BCUT2D eigenvalue weighted by molar-refractivity contribution is -0.116. The summed E-state index contributed by atoms with van der Waals surface area (Å²) in [6.07, 6.45) is 1.87. The van der Waals surface area contributed by atoms with E-state index in [2.05, 4.69) is 17.4 Å². The molecule has 3 aromatic carbocycles. The van der Waals surface area contributed by atoms with Gasteiger partial charge in [-0.05, 0) is 67.3 Å². The van der Waals surface area contributed by atoms with E-state index in [0.717, 1.165) is 22.6 Å². The van der Waals surface area contributed by atoms with E-state index >= 15 is 0 Å². The van der Waals surface area contributed by atoms with Gasteiger partial charge >= 0.3 is 0 Å². The SMILES string of the molecule is Cc1cccc(N(CCCC(=O)Nc2ccc(CSc3ccccc3)cc2)S(C)(=O)=O)c1C. The third-order valence-corrected chi connectivity index (χ3v) is 7.66. The number of nitrogens with one attached hydrogen (secondary N) is 1. The van der Waals surface area contributed by atoms with Gasteiger partial charge in [0.15, 0.2) is 0 Å². The molecule has 5 nitrogen and oxygen atoms in total. The van der Waals surface area contributed by atoms with Gasteiger partial charge in [0.2, 0.25) is 15.9 Å². The van der Waals surface area contributed by atoms with Crippen LogP contribution in [0.2, 0.25) is 0 Å². The number of anilines is 2. The molecule has 0 unspecified atom stereocenters. The lowest BCUT2D eigenvalue weighted by Gasteiger charge is -2.24. The average molecular weight is 483 g/mol. The molecule has 0 aromatic heterocycles. The van der Waals surface area contributed by atoms with Gasteiger partial charge in [0, 0.05) is 29.3 Å². The molecule has 0 fully saturated rings. The number of amides is 1. The summed E-state index contributed by atoms with van der Waals surface area (Å²) in [5.41, 5.74) is 4.55. The summed E-state index contributed by atoms with van der Waals surface area (Å²) in [6, 6.07) is 23.7. The molecule has 0 saturated carbocycles. The summed E-state index contributed by atoms with van der Waals surface area (Å²) in [7, 11) is -3.44. The molecule has 0 atom stereocenters. The van der Waals surface area contributed by atoms with E-state index in [9.17, 15) is 13.2 Å². The molecule has 7 heteroatoms. The molecule has 174 valence electrons. The van der Waals surface area contributed by atoms with E-state index in [-0.39, 0.29) is 18.9 Å². The van der Waals surface area contributed by atoms with Crippen molar-refractivity contribution in [2.75, 3.05) is 22.4 Å². The fraction of sp³-hybridized carbons (Fsp3) is 0.269. The molecule has 0 heterocycles.